The number of halogens is 3. The van der Waals surface area contributed by atoms with Crippen molar-refractivity contribution in [2.75, 3.05) is 6.54 Å². The van der Waals surface area contributed by atoms with E-state index in [0.717, 1.165) is 23.8 Å². The summed E-state index contributed by atoms with van der Waals surface area (Å²) in [4.78, 5) is 17.1. The van der Waals surface area contributed by atoms with Crippen molar-refractivity contribution < 1.29 is 31.1 Å². The Morgan fingerprint density at radius 1 is 1.24 bits per heavy atom. The van der Waals surface area contributed by atoms with E-state index in [4.69, 9.17) is 4.74 Å². The Balaban J connectivity index is 1.59. The molecule has 12 heteroatoms. The Morgan fingerprint density at radius 2 is 1.91 bits per heavy atom. The maximum atomic E-state index is 13.5. The monoisotopic (exact) mass is 494 g/mol. The molecule has 2 aliphatic rings. The minimum absolute atomic E-state index is 0.141. The van der Waals surface area contributed by atoms with Crippen molar-refractivity contribution in [2.45, 2.75) is 53.9 Å². The van der Waals surface area contributed by atoms with Crippen LogP contribution in [0, 0.1) is 11.3 Å². The number of alkyl carbamates (subject to hydrolysis) is 1. The molecule has 0 radical (unpaired) electrons. The first kappa shape index (κ1) is 24.0. The van der Waals surface area contributed by atoms with Gasteiger partial charge in [0, 0.05) is 31.9 Å². The number of nitrogens with one attached hydrogen (secondary N) is 1. The average molecular weight is 494 g/mol. The summed E-state index contributed by atoms with van der Waals surface area (Å²) in [5.74, 6) is 0. The van der Waals surface area contributed by atoms with Crippen LogP contribution >= 0.6 is 0 Å². The number of nitriles is 1. The summed E-state index contributed by atoms with van der Waals surface area (Å²) in [5.41, 5.74) is -1.46. The first-order chi connectivity index (χ1) is 16.0. The number of hydrogen-bond acceptors (Lipinski definition) is 7. The third kappa shape index (κ3) is 5.00. The van der Waals surface area contributed by atoms with E-state index in [-0.39, 0.29) is 19.5 Å². The fourth-order valence-corrected chi connectivity index (χ4v) is 5.85. The molecule has 2 atom stereocenters. The Kier molecular flexibility index (Phi) is 6.26. The molecule has 8 nitrogen and oxygen atoms in total. The van der Waals surface area contributed by atoms with Crippen molar-refractivity contribution in [1.82, 2.24) is 15.2 Å². The highest BCUT2D eigenvalue weighted by molar-refractivity contribution is 7.92. The van der Waals surface area contributed by atoms with Crippen LogP contribution in [0.15, 0.2) is 53.7 Å². The van der Waals surface area contributed by atoms with Gasteiger partial charge < -0.3 is 10.1 Å². The van der Waals surface area contributed by atoms with E-state index in [9.17, 15) is 31.6 Å². The van der Waals surface area contributed by atoms with Crippen LogP contribution in [0.3, 0.4) is 0 Å². The van der Waals surface area contributed by atoms with Crippen LogP contribution in [0.25, 0.3) is 0 Å². The van der Waals surface area contributed by atoms with Gasteiger partial charge in [0.1, 0.15) is 5.54 Å². The number of rotatable bonds is 6. The van der Waals surface area contributed by atoms with Crippen molar-refractivity contribution in [3.8, 4) is 6.07 Å². The van der Waals surface area contributed by atoms with E-state index in [1.165, 1.54) is 6.07 Å². The second-order valence-corrected chi connectivity index (χ2v) is 10.6. The Labute approximate surface area is 194 Å². The summed E-state index contributed by atoms with van der Waals surface area (Å²) in [6.45, 7) is 0.0506. The van der Waals surface area contributed by atoms with Crippen LogP contribution in [0.4, 0.5) is 18.0 Å². The number of ether oxygens (including phenoxy) is 1. The number of sulfone groups is 1. The Hall–Kier alpha value is -3.17. The number of likely N-dealkylation sites (tertiary alicyclic amines) is 1. The van der Waals surface area contributed by atoms with E-state index in [0.29, 0.717) is 12.8 Å². The molecule has 180 valence electrons. The molecule has 34 heavy (non-hydrogen) atoms. The van der Waals surface area contributed by atoms with E-state index >= 15 is 0 Å². The molecule has 1 amide bonds. The zero-order valence-corrected chi connectivity index (χ0v) is 18.6. The molecule has 1 aromatic heterocycles. The molecule has 2 fully saturated rings. The topological polar surface area (TPSA) is 112 Å². The number of carbonyl (C=O) groups excluding carboxylic acids is 1. The van der Waals surface area contributed by atoms with Crippen molar-refractivity contribution in [3.05, 3.63) is 59.9 Å². The maximum absolute atomic E-state index is 13.5. The Bertz CT molecular complexity index is 1210. The zero-order chi connectivity index (χ0) is 24.6. The van der Waals surface area contributed by atoms with E-state index < -0.39 is 49.6 Å². The van der Waals surface area contributed by atoms with Crippen molar-refractivity contribution in [2.24, 2.45) is 0 Å². The standard InChI is InChI=1S/C22H21F3N4O4S/c23-22(24,25)17-3-1-2-4-18(17)34(31,32)16-11-19(33-20(30)28-21(14-26)7-8-21)29(13-16)12-15-5-9-27-10-6-15/h1-6,9-10,16,19H,7-8,11-13H2,(H,28,30)/t16-,19+/m1/s1. The second kappa shape index (κ2) is 8.88. The fraction of sp³-hybridized carbons (Fsp3) is 0.409. The molecular formula is C22H21F3N4O4S. The molecule has 1 aliphatic carbocycles. The quantitative estimate of drug-likeness (QED) is 0.656. The van der Waals surface area contributed by atoms with Gasteiger partial charge in [-0.15, -0.1) is 0 Å². The van der Waals surface area contributed by atoms with Gasteiger partial charge in [-0.2, -0.15) is 18.4 Å². The number of alkyl halides is 3. The summed E-state index contributed by atoms with van der Waals surface area (Å²) in [6, 6.07) is 9.44. The predicted molar refractivity (Wildman–Crippen MR) is 113 cm³/mol. The van der Waals surface area contributed by atoms with Crippen molar-refractivity contribution in [1.29, 1.82) is 5.26 Å². The first-order valence-corrected chi connectivity index (χ1v) is 12.0. The lowest BCUT2D eigenvalue weighted by molar-refractivity contribution is -0.139. The third-order valence-corrected chi connectivity index (χ3v) is 8.12. The summed E-state index contributed by atoms with van der Waals surface area (Å²) in [5, 5.41) is 10.4. The molecule has 1 aliphatic heterocycles. The fourth-order valence-electron chi connectivity index (χ4n) is 3.93. The predicted octanol–water partition coefficient (Wildman–Crippen LogP) is 3.26. The molecule has 2 aromatic rings. The van der Waals surface area contributed by atoms with E-state index in [1.54, 1.807) is 29.4 Å². The normalized spacial score (nSPS) is 22.1. The number of benzene rings is 1. The van der Waals surface area contributed by atoms with Gasteiger partial charge in [0.05, 0.1) is 21.8 Å². The van der Waals surface area contributed by atoms with Gasteiger partial charge >= 0.3 is 12.3 Å². The molecule has 1 saturated carbocycles. The number of aromatic nitrogens is 1. The van der Waals surface area contributed by atoms with Crippen molar-refractivity contribution in [3.63, 3.8) is 0 Å². The molecule has 1 saturated heterocycles. The van der Waals surface area contributed by atoms with Crippen LogP contribution in [0.2, 0.25) is 0 Å². The lowest BCUT2D eigenvalue weighted by Gasteiger charge is -2.24. The smallest absolute Gasteiger partial charge is 0.417 e. The molecular weight excluding hydrogens is 473 g/mol. The molecule has 0 bridgehead atoms. The summed E-state index contributed by atoms with van der Waals surface area (Å²) in [7, 11) is -4.41. The first-order valence-electron chi connectivity index (χ1n) is 10.5. The summed E-state index contributed by atoms with van der Waals surface area (Å²) in [6.07, 6.45) is -2.89. The van der Waals surface area contributed by atoms with Gasteiger partial charge in [0.15, 0.2) is 16.1 Å². The van der Waals surface area contributed by atoms with Crippen LogP contribution in [-0.4, -0.2) is 48.0 Å². The SMILES string of the molecule is N#CC1(NC(=O)O[C@H]2C[C@@H](S(=O)(=O)c3ccccc3C(F)(F)F)CN2Cc2ccncc2)CC1. The number of nitrogens with zero attached hydrogens (tertiary/aromatic N) is 3. The van der Waals surface area contributed by atoms with Gasteiger partial charge in [-0.25, -0.2) is 13.2 Å². The molecule has 0 spiro atoms. The van der Waals surface area contributed by atoms with Crippen LogP contribution in [-0.2, 0) is 27.3 Å². The van der Waals surface area contributed by atoms with Gasteiger partial charge in [-0.3, -0.25) is 9.88 Å². The zero-order valence-electron chi connectivity index (χ0n) is 17.8. The lowest BCUT2D eigenvalue weighted by atomic mass is 10.2. The van der Waals surface area contributed by atoms with Gasteiger partial charge in [-0.05, 0) is 42.7 Å². The molecule has 1 N–H and O–H groups in total. The number of amides is 1. The third-order valence-electron chi connectivity index (χ3n) is 5.93. The summed E-state index contributed by atoms with van der Waals surface area (Å²) < 4.78 is 72.5. The van der Waals surface area contributed by atoms with Gasteiger partial charge in [0.25, 0.3) is 0 Å². The largest absolute Gasteiger partial charge is 0.430 e. The van der Waals surface area contributed by atoms with Crippen molar-refractivity contribution >= 4 is 15.9 Å². The molecule has 1 aromatic carbocycles. The minimum Gasteiger partial charge on any atom is -0.430 e. The van der Waals surface area contributed by atoms with Crippen LogP contribution < -0.4 is 5.32 Å². The lowest BCUT2D eigenvalue weighted by Crippen LogP contribution is -2.41. The van der Waals surface area contributed by atoms with E-state index in [2.05, 4.69) is 10.3 Å². The highest BCUT2D eigenvalue weighted by Gasteiger charge is 2.48. The highest BCUT2D eigenvalue weighted by atomic mass is 32.2. The van der Waals surface area contributed by atoms with Gasteiger partial charge in [0.2, 0.25) is 0 Å². The van der Waals surface area contributed by atoms with Crippen LogP contribution in [0.1, 0.15) is 30.4 Å². The molecule has 0 unspecified atom stereocenters. The summed E-state index contributed by atoms with van der Waals surface area (Å²) >= 11 is 0. The number of pyridine rings is 1. The molecule has 2 heterocycles. The average Bonchev–Trinajstić information content (AvgIpc) is 3.46. The van der Waals surface area contributed by atoms with Crippen LogP contribution in [0.5, 0.6) is 0 Å². The maximum Gasteiger partial charge on any atom is 0.417 e. The van der Waals surface area contributed by atoms with Gasteiger partial charge in [-0.1, -0.05) is 12.1 Å². The Morgan fingerprint density at radius 3 is 2.53 bits per heavy atom. The molecule has 4 rings (SSSR count). The highest BCUT2D eigenvalue weighted by Crippen LogP contribution is 2.38. The number of carbonyl (C=O) groups is 1. The minimum atomic E-state index is -4.84. The number of hydrogen-bond donors (Lipinski definition) is 1. The van der Waals surface area contributed by atoms with E-state index in [1.807, 2.05) is 6.07 Å². The second-order valence-electron chi connectivity index (χ2n) is 8.36.